The highest BCUT2D eigenvalue weighted by molar-refractivity contribution is 5.95. The lowest BCUT2D eigenvalue weighted by molar-refractivity contribution is -0.117. The Balaban J connectivity index is 1.93. The van der Waals surface area contributed by atoms with E-state index in [0.717, 1.165) is 23.5 Å². The number of carbonyl (C=O) groups is 1. The first kappa shape index (κ1) is 15.3. The van der Waals surface area contributed by atoms with Crippen molar-refractivity contribution in [1.82, 2.24) is 9.78 Å². The second kappa shape index (κ2) is 6.54. The van der Waals surface area contributed by atoms with Crippen LogP contribution in [0.5, 0.6) is 0 Å². The maximum Gasteiger partial charge on any atom is 0.241 e. The van der Waals surface area contributed by atoms with Crippen molar-refractivity contribution >= 4 is 11.6 Å². The van der Waals surface area contributed by atoms with Crippen molar-refractivity contribution in [1.29, 1.82) is 0 Å². The number of rotatable bonds is 5. The van der Waals surface area contributed by atoms with E-state index in [0.29, 0.717) is 6.42 Å². The molecule has 0 unspecified atom stereocenters. The summed E-state index contributed by atoms with van der Waals surface area (Å²) < 4.78 is 1.75. The summed E-state index contributed by atoms with van der Waals surface area (Å²) in [5.41, 5.74) is 9.66. The number of hydrogen-bond acceptors (Lipinski definition) is 3. The second-order valence-corrected chi connectivity index (χ2v) is 5.29. The van der Waals surface area contributed by atoms with Crippen LogP contribution in [-0.4, -0.2) is 21.7 Å². The molecule has 2 rings (SSSR count). The van der Waals surface area contributed by atoms with Gasteiger partial charge in [0.05, 0.1) is 23.1 Å². The molecular formula is C16H22N4O. The lowest BCUT2D eigenvalue weighted by Crippen LogP contribution is -2.36. The van der Waals surface area contributed by atoms with Gasteiger partial charge in [0, 0.05) is 7.05 Å². The third kappa shape index (κ3) is 3.70. The molecule has 0 spiro atoms. The zero-order chi connectivity index (χ0) is 15.4. The van der Waals surface area contributed by atoms with Crippen LogP contribution in [0.15, 0.2) is 30.3 Å². The molecular weight excluding hydrogens is 264 g/mol. The molecule has 0 bridgehead atoms. The summed E-state index contributed by atoms with van der Waals surface area (Å²) >= 11 is 0. The first-order valence-electron chi connectivity index (χ1n) is 7.09. The minimum atomic E-state index is -0.524. The number of carbonyl (C=O) groups excluding carboxylic acids is 1. The summed E-state index contributed by atoms with van der Waals surface area (Å²) in [6, 6.07) is 9.51. The normalized spacial score (nSPS) is 12.2. The highest BCUT2D eigenvalue weighted by Gasteiger charge is 2.17. The molecule has 0 saturated carbocycles. The number of anilines is 1. The van der Waals surface area contributed by atoms with Gasteiger partial charge < -0.3 is 11.1 Å². The minimum absolute atomic E-state index is 0.162. The van der Waals surface area contributed by atoms with Gasteiger partial charge in [-0.15, -0.1) is 0 Å². The van der Waals surface area contributed by atoms with E-state index in [1.165, 1.54) is 5.56 Å². The Morgan fingerprint density at radius 3 is 2.57 bits per heavy atom. The Morgan fingerprint density at radius 2 is 2.00 bits per heavy atom. The Hall–Kier alpha value is -2.14. The van der Waals surface area contributed by atoms with Crippen molar-refractivity contribution in [2.75, 3.05) is 5.32 Å². The standard InChI is InChI=1S/C16H22N4O/c1-11-15(12(2)20(3)19-11)18-16(21)14(17)10-9-13-7-5-4-6-8-13/h4-8,14H,9-10,17H2,1-3H3,(H,18,21)/t14-/m0/s1. The smallest absolute Gasteiger partial charge is 0.241 e. The largest absolute Gasteiger partial charge is 0.322 e. The summed E-state index contributed by atoms with van der Waals surface area (Å²) in [7, 11) is 1.85. The number of nitrogens with two attached hydrogens (primary N) is 1. The average molecular weight is 286 g/mol. The number of hydrogen-bond donors (Lipinski definition) is 2. The molecule has 5 heteroatoms. The Morgan fingerprint density at radius 1 is 1.33 bits per heavy atom. The van der Waals surface area contributed by atoms with Gasteiger partial charge in [0.1, 0.15) is 0 Å². The van der Waals surface area contributed by atoms with Crippen LogP contribution in [0.3, 0.4) is 0 Å². The first-order valence-corrected chi connectivity index (χ1v) is 7.09. The molecule has 0 radical (unpaired) electrons. The SMILES string of the molecule is Cc1nn(C)c(C)c1NC(=O)[C@@H](N)CCc1ccccc1. The lowest BCUT2D eigenvalue weighted by atomic mass is 10.1. The van der Waals surface area contributed by atoms with Gasteiger partial charge >= 0.3 is 0 Å². The van der Waals surface area contributed by atoms with Crippen molar-refractivity contribution in [2.24, 2.45) is 12.8 Å². The molecule has 0 aliphatic rings. The third-order valence-electron chi connectivity index (χ3n) is 3.68. The zero-order valence-electron chi connectivity index (χ0n) is 12.8. The first-order chi connectivity index (χ1) is 9.99. The molecule has 2 aromatic rings. The van der Waals surface area contributed by atoms with Gasteiger partial charge in [-0.2, -0.15) is 5.10 Å². The average Bonchev–Trinajstić information content (AvgIpc) is 2.72. The van der Waals surface area contributed by atoms with Gasteiger partial charge in [0.15, 0.2) is 0 Å². The maximum absolute atomic E-state index is 12.2. The fourth-order valence-electron chi connectivity index (χ4n) is 2.27. The van der Waals surface area contributed by atoms with Crippen molar-refractivity contribution in [3.8, 4) is 0 Å². The van der Waals surface area contributed by atoms with Crippen molar-refractivity contribution in [3.63, 3.8) is 0 Å². The van der Waals surface area contributed by atoms with Crippen molar-refractivity contribution in [2.45, 2.75) is 32.7 Å². The topological polar surface area (TPSA) is 72.9 Å². The summed E-state index contributed by atoms with van der Waals surface area (Å²) in [6.45, 7) is 3.79. The fourth-order valence-corrected chi connectivity index (χ4v) is 2.27. The highest BCUT2D eigenvalue weighted by Crippen LogP contribution is 2.18. The number of nitrogens with zero attached hydrogens (tertiary/aromatic N) is 2. The van der Waals surface area contributed by atoms with Gasteiger partial charge in [-0.1, -0.05) is 30.3 Å². The Labute approximate surface area is 125 Å². The Kier molecular flexibility index (Phi) is 4.75. The van der Waals surface area contributed by atoms with Crippen LogP contribution in [0.4, 0.5) is 5.69 Å². The lowest BCUT2D eigenvalue weighted by Gasteiger charge is -2.12. The monoisotopic (exact) mass is 286 g/mol. The van der Waals surface area contributed by atoms with Crippen LogP contribution in [0.1, 0.15) is 23.4 Å². The summed E-state index contributed by atoms with van der Waals surface area (Å²) in [6.07, 6.45) is 1.41. The zero-order valence-corrected chi connectivity index (χ0v) is 12.8. The van der Waals surface area contributed by atoms with Crippen LogP contribution in [0, 0.1) is 13.8 Å². The van der Waals surface area contributed by atoms with E-state index < -0.39 is 6.04 Å². The molecule has 1 atom stereocenters. The van der Waals surface area contributed by atoms with Crippen LogP contribution in [0.2, 0.25) is 0 Å². The third-order valence-corrected chi connectivity index (χ3v) is 3.68. The van der Waals surface area contributed by atoms with E-state index in [1.54, 1.807) is 4.68 Å². The quantitative estimate of drug-likeness (QED) is 0.882. The molecule has 0 aliphatic heterocycles. The van der Waals surface area contributed by atoms with Gasteiger partial charge in [-0.3, -0.25) is 9.48 Å². The van der Waals surface area contributed by atoms with Gasteiger partial charge in [-0.05, 0) is 32.3 Å². The second-order valence-electron chi connectivity index (χ2n) is 5.29. The summed E-state index contributed by atoms with van der Waals surface area (Å²) in [5, 5.41) is 7.17. The van der Waals surface area contributed by atoms with Gasteiger partial charge in [0.25, 0.3) is 0 Å². The van der Waals surface area contributed by atoms with E-state index >= 15 is 0 Å². The highest BCUT2D eigenvalue weighted by atomic mass is 16.2. The molecule has 1 aromatic carbocycles. The predicted octanol–water partition coefficient (Wildman–Crippen LogP) is 1.94. The van der Waals surface area contributed by atoms with Crippen LogP contribution < -0.4 is 11.1 Å². The predicted molar refractivity (Wildman–Crippen MR) is 84.1 cm³/mol. The fraction of sp³-hybridized carbons (Fsp3) is 0.375. The van der Waals surface area contributed by atoms with Crippen LogP contribution in [0.25, 0.3) is 0 Å². The van der Waals surface area contributed by atoms with E-state index in [9.17, 15) is 4.79 Å². The molecule has 0 aliphatic carbocycles. The van der Waals surface area contributed by atoms with Gasteiger partial charge in [0.2, 0.25) is 5.91 Å². The number of aryl methyl sites for hydroxylation is 3. The summed E-state index contributed by atoms with van der Waals surface area (Å²) in [4.78, 5) is 12.2. The van der Waals surface area contributed by atoms with Crippen molar-refractivity contribution in [3.05, 3.63) is 47.3 Å². The molecule has 21 heavy (non-hydrogen) atoms. The number of aromatic nitrogens is 2. The molecule has 112 valence electrons. The molecule has 0 saturated heterocycles. The molecule has 1 aromatic heterocycles. The van der Waals surface area contributed by atoms with E-state index in [2.05, 4.69) is 10.4 Å². The van der Waals surface area contributed by atoms with E-state index in [4.69, 9.17) is 5.73 Å². The van der Waals surface area contributed by atoms with E-state index in [-0.39, 0.29) is 5.91 Å². The molecule has 0 fully saturated rings. The van der Waals surface area contributed by atoms with Crippen molar-refractivity contribution < 1.29 is 4.79 Å². The summed E-state index contributed by atoms with van der Waals surface area (Å²) in [5.74, 6) is -0.162. The van der Waals surface area contributed by atoms with Gasteiger partial charge in [-0.25, -0.2) is 0 Å². The number of nitrogens with one attached hydrogen (secondary N) is 1. The number of benzene rings is 1. The maximum atomic E-state index is 12.2. The van der Waals surface area contributed by atoms with Crippen LogP contribution in [-0.2, 0) is 18.3 Å². The molecule has 5 nitrogen and oxygen atoms in total. The Bertz CT molecular complexity index is 619. The number of amides is 1. The molecule has 3 N–H and O–H groups in total. The van der Waals surface area contributed by atoms with E-state index in [1.807, 2.05) is 51.2 Å². The molecule has 1 heterocycles. The minimum Gasteiger partial charge on any atom is -0.322 e. The van der Waals surface area contributed by atoms with Crippen LogP contribution >= 0.6 is 0 Å². The molecule has 1 amide bonds.